The average Bonchev–Trinajstić information content (AvgIpc) is 2.35. The van der Waals surface area contributed by atoms with E-state index in [9.17, 15) is 0 Å². The van der Waals surface area contributed by atoms with Gasteiger partial charge in [-0.3, -0.25) is 0 Å². The van der Waals surface area contributed by atoms with Crippen LogP contribution >= 0.6 is 17.0 Å². The number of halogens is 2. The molecule has 0 unspecified atom stereocenters. The predicted octanol–water partition coefficient (Wildman–Crippen LogP) is 4.50. The molecule has 3 heteroatoms. The Bertz CT molecular complexity index is 211. The minimum atomic E-state index is -0.826. The molecule has 1 radical (unpaired) electrons. The van der Waals surface area contributed by atoms with Gasteiger partial charge in [-0.2, -0.15) is 0 Å². The van der Waals surface area contributed by atoms with Crippen LogP contribution in [0.2, 0.25) is 0 Å². The van der Waals surface area contributed by atoms with Crippen LogP contribution in [0.3, 0.4) is 0 Å². The number of rotatable bonds is 0. The van der Waals surface area contributed by atoms with Crippen molar-refractivity contribution >= 4 is 17.0 Å². The van der Waals surface area contributed by atoms with E-state index in [4.69, 9.17) is 17.0 Å². The Kier molecular flexibility index (Phi) is 6.90. The summed E-state index contributed by atoms with van der Waals surface area (Å²) in [6, 6.07) is 0. The molecule has 1 rings (SSSR count). The molecule has 0 fully saturated rings. The van der Waals surface area contributed by atoms with Gasteiger partial charge in [0.2, 0.25) is 0 Å². The van der Waals surface area contributed by atoms with Crippen LogP contribution in [0.4, 0.5) is 0 Å². The van der Waals surface area contributed by atoms with Gasteiger partial charge in [-0.05, 0) is 17.9 Å². The van der Waals surface area contributed by atoms with Gasteiger partial charge in [-0.25, -0.2) is 0 Å². The van der Waals surface area contributed by atoms with Crippen molar-refractivity contribution in [3.05, 3.63) is 29.7 Å². The monoisotopic (exact) mass is 295 g/mol. The molecule has 0 nitrogen and oxygen atoms in total. The van der Waals surface area contributed by atoms with Crippen molar-refractivity contribution in [1.29, 1.82) is 0 Å². The van der Waals surface area contributed by atoms with Gasteiger partial charge in [0.1, 0.15) is 0 Å². The molecule has 1 aliphatic carbocycles. The topological polar surface area (TPSA) is 0 Å². The molecule has 0 aliphatic heterocycles. The van der Waals surface area contributed by atoms with Gasteiger partial charge in [0, 0.05) is 6.42 Å². The standard InChI is InChI=1S/C10H15.2ClH.Zr/c1-8-6-5-7-9(8)10(2,3)4;;;/h5-7H,1-4H3;2*1H;/q;;;+2/p-2. The molecule has 0 saturated carbocycles. The summed E-state index contributed by atoms with van der Waals surface area (Å²) in [6.07, 6.45) is 6.49. The summed E-state index contributed by atoms with van der Waals surface area (Å²) in [5.74, 6) is 0. The van der Waals surface area contributed by atoms with E-state index in [1.54, 1.807) is 0 Å². The van der Waals surface area contributed by atoms with E-state index in [2.05, 4.69) is 46.3 Å². The second-order valence-corrected chi connectivity index (χ2v) is 7.68. The summed E-state index contributed by atoms with van der Waals surface area (Å²) < 4.78 is 0. The Morgan fingerprint density at radius 1 is 1.23 bits per heavy atom. The SMILES string of the molecule is CC1=C(C(C)(C)C)C=C[CH]1.[Cl][Zr][Cl]. The van der Waals surface area contributed by atoms with Gasteiger partial charge < -0.3 is 0 Å². The summed E-state index contributed by atoms with van der Waals surface area (Å²) in [4.78, 5) is 0. The van der Waals surface area contributed by atoms with Crippen molar-refractivity contribution in [2.24, 2.45) is 5.41 Å². The molecule has 0 aromatic carbocycles. The van der Waals surface area contributed by atoms with E-state index in [-0.39, 0.29) is 0 Å². The molecule has 0 aromatic heterocycles. The summed E-state index contributed by atoms with van der Waals surface area (Å²) in [5, 5.41) is 0. The van der Waals surface area contributed by atoms with Crippen LogP contribution in [-0.2, 0) is 20.8 Å². The minimum absolute atomic E-state index is 0.313. The third kappa shape index (κ3) is 5.40. The molecule has 0 aromatic rings. The zero-order chi connectivity index (χ0) is 10.5. The van der Waals surface area contributed by atoms with Crippen molar-refractivity contribution in [3.8, 4) is 0 Å². The third-order valence-electron chi connectivity index (χ3n) is 1.84. The molecule has 0 saturated heterocycles. The molecule has 0 bridgehead atoms. The molecule has 0 amide bonds. The van der Waals surface area contributed by atoms with Crippen molar-refractivity contribution < 1.29 is 20.8 Å². The van der Waals surface area contributed by atoms with Gasteiger partial charge in [0.25, 0.3) is 0 Å². The Hall–Kier alpha value is 0.943. The molecular formula is C10H15Cl2Zr. The van der Waals surface area contributed by atoms with E-state index in [0.717, 1.165) is 0 Å². The second kappa shape index (κ2) is 6.43. The fourth-order valence-corrected chi connectivity index (χ4v) is 1.35. The van der Waals surface area contributed by atoms with E-state index in [1.807, 2.05) is 0 Å². The van der Waals surface area contributed by atoms with Gasteiger partial charge in [-0.15, -0.1) is 0 Å². The first-order chi connectivity index (χ1) is 5.93. The van der Waals surface area contributed by atoms with Crippen LogP contribution in [0.15, 0.2) is 23.3 Å². The van der Waals surface area contributed by atoms with Crippen LogP contribution in [0.1, 0.15) is 27.7 Å². The van der Waals surface area contributed by atoms with Crippen LogP contribution in [0.25, 0.3) is 0 Å². The number of hydrogen-bond acceptors (Lipinski definition) is 0. The number of hydrogen-bond donors (Lipinski definition) is 0. The van der Waals surface area contributed by atoms with E-state index < -0.39 is 20.8 Å². The maximum absolute atomic E-state index is 4.93. The third-order valence-corrected chi connectivity index (χ3v) is 1.84. The van der Waals surface area contributed by atoms with Gasteiger partial charge in [0.05, 0.1) is 0 Å². The zero-order valence-corrected chi connectivity index (χ0v) is 12.5. The quantitative estimate of drug-likeness (QED) is 0.617. The van der Waals surface area contributed by atoms with Gasteiger partial charge in [0.15, 0.2) is 0 Å². The molecule has 0 atom stereocenters. The fraction of sp³-hybridized carbons (Fsp3) is 0.500. The van der Waals surface area contributed by atoms with Gasteiger partial charge >= 0.3 is 37.9 Å². The van der Waals surface area contributed by atoms with E-state index >= 15 is 0 Å². The van der Waals surface area contributed by atoms with E-state index in [0.29, 0.717) is 5.41 Å². The summed E-state index contributed by atoms with van der Waals surface area (Å²) in [7, 11) is 9.87. The first-order valence-corrected chi connectivity index (χ1v) is 10.5. The summed E-state index contributed by atoms with van der Waals surface area (Å²) in [5.41, 5.74) is 3.19. The predicted molar refractivity (Wildman–Crippen MR) is 57.3 cm³/mol. The normalized spacial score (nSPS) is 15.5. The zero-order valence-electron chi connectivity index (χ0n) is 8.49. The van der Waals surface area contributed by atoms with Gasteiger partial charge in [-0.1, -0.05) is 38.5 Å². The molecule has 13 heavy (non-hydrogen) atoms. The van der Waals surface area contributed by atoms with Crippen molar-refractivity contribution in [2.45, 2.75) is 27.7 Å². The Labute approximate surface area is 100 Å². The van der Waals surface area contributed by atoms with Crippen LogP contribution in [0.5, 0.6) is 0 Å². The van der Waals surface area contributed by atoms with Crippen LogP contribution in [0, 0.1) is 11.8 Å². The number of allylic oxidation sites excluding steroid dienone is 4. The second-order valence-electron chi connectivity index (χ2n) is 3.94. The first-order valence-electron chi connectivity index (χ1n) is 4.12. The molecule has 73 valence electrons. The van der Waals surface area contributed by atoms with Crippen molar-refractivity contribution in [2.75, 3.05) is 0 Å². The Balaban J connectivity index is 0.000000424. The maximum atomic E-state index is 4.93. The Morgan fingerprint density at radius 3 is 1.85 bits per heavy atom. The molecule has 0 spiro atoms. The fourth-order valence-electron chi connectivity index (χ4n) is 1.35. The summed E-state index contributed by atoms with van der Waals surface area (Å²) >= 11 is -0.826. The van der Waals surface area contributed by atoms with Crippen LogP contribution < -0.4 is 0 Å². The average molecular weight is 297 g/mol. The molecule has 0 heterocycles. The Morgan fingerprint density at radius 2 is 1.69 bits per heavy atom. The van der Waals surface area contributed by atoms with Crippen LogP contribution in [-0.4, -0.2) is 0 Å². The van der Waals surface area contributed by atoms with Crippen molar-refractivity contribution in [3.63, 3.8) is 0 Å². The van der Waals surface area contributed by atoms with Crippen molar-refractivity contribution in [1.82, 2.24) is 0 Å². The van der Waals surface area contributed by atoms with E-state index in [1.165, 1.54) is 11.1 Å². The molecule has 1 aliphatic rings. The summed E-state index contributed by atoms with van der Waals surface area (Å²) in [6.45, 7) is 8.90. The first kappa shape index (κ1) is 13.9. The molecule has 0 N–H and O–H groups in total. The molecular weight excluding hydrogens is 282 g/mol.